The molecular formula is C15H18O3. The molecule has 0 radical (unpaired) electrons. The molecule has 0 aliphatic carbocycles. The molecule has 1 rings (SSSR count). The fourth-order valence-electron chi connectivity index (χ4n) is 1.47. The molecule has 3 heteroatoms. The first-order chi connectivity index (χ1) is 8.51. The third kappa shape index (κ3) is 3.55. The Balaban J connectivity index is 2.80. The second kappa shape index (κ2) is 6.15. The molecular weight excluding hydrogens is 228 g/mol. The number of allylic oxidation sites excluding steroid dienone is 1. The van der Waals surface area contributed by atoms with Crippen molar-refractivity contribution in [2.45, 2.75) is 26.7 Å². The molecule has 0 heterocycles. The molecule has 0 bridgehead atoms. The van der Waals surface area contributed by atoms with Crippen LogP contribution in [0.2, 0.25) is 0 Å². The smallest absolute Gasteiger partial charge is 0.316 e. The van der Waals surface area contributed by atoms with Gasteiger partial charge in [-0.1, -0.05) is 18.2 Å². The molecule has 3 nitrogen and oxygen atoms in total. The second-order valence-electron chi connectivity index (χ2n) is 4.76. The Morgan fingerprint density at radius 2 is 2.06 bits per heavy atom. The summed E-state index contributed by atoms with van der Waals surface area (Å²) in [4.78, 5) is 22.9. The number of hydrogen-bond donors (Lipinski definition) is 0. The number of aldehydes is 1. The molecule has 0 fully saturated rings. The van der Waals surface area contributed by atoms with Crippen molar-refractivity contribution in [3.05, 3.63) is 42.5 Å². The SMILES string of the molecule is C=CCCC(C)(C)C(=O)Oc1ccccc1C=O. The Labute approximate surface area is 107 Å². The number of benzene rings is 1. The highest BCUT2D eigenvalue weighted by Crippen LogP contribution is 2.26. The Morgan fingerprint density at radius 3 is 2.67 bits per heavy atom. The molecule has 0 unspecified atom stereocenters. The maximum Gasteiger partial charge on any atom is 0.316 e. The summed E-state index contributed by atoms with van der Waals surface area (Å²) >= 11 is 0. The average molecular weight is 246 g/mol. The van der Waals surface area contributed by atoms with Gasteiger partial charge >= 0.3 is 5.97 Å². The lowest BCUT2D eigenvalue weighted by Crippen LogP contribution is -2.29. The predicted octanol–water partition coefficient (Wildman–Crippen LogP) is 3.40. The van der Waals surface area contributed by atoms with E-state index in [1.807, 2.05) is 13.8 Å². The van der Waals surface area contributed by atoms with E-state index in [4.69, 9.17) is 4.74 Å². The van der Waals surface area contributed by atoms with Crippen molar-refractivity contribution >= 4 is 12.3 Å². The van der Waals surface area contributed by atoms with E-state index in [-0.39, 0.29) is 5.97 Å². The standard InChI is InChI=1S/C15H18O3/c1-4-5-10-15(2,3)14(17)18-13-9-7-6-8-12(13)11-16/h4,6-9,11H,1,5,10H2,2-3H3. The van der Waals surface area contributed by atoms with Gasteiger partial charge in [0.1, 0.15) is 5.75 Å². The van der Waals surface area contributed by atoms with Crippen LogP contribution in [0.4, 0.5) is 0 Å². The van der Waals surface area contributed by atoms with E-state index in [1.54, 1.807) is 30.3 Å². The van der Waals surface area contributed by atoms with Gasteiger partial charge in [-0.25, -0.2) is 0 Å². The Kier molecular flexibility index (Phi) is 4.84. The molecule has 0 saturated heterocycles. The Morgan fingerprint density at radius 1 is 1.39 bits per heavy atom. The Bertz CT molecular complexity index is 447. The molecule has 0 atom stereocenters. The zero-order valence-electron chi connectivity index (χ0n) is 10.8. The summed E-state index contributed by atoms with van der Waals surface area (Å²) in [7, 11) is 0. The molecule has 0 spiro atoms. The van der Waals surface area contributed by atoms with Crippen LogP contribution >= 0.6 is 0 Å². The van der Waals surface area contributed by atoms with Crippen molar-refractivity contribution in [3.63, 3.8) is 0 Å². The molecule has 0 N–H and O–H groups in total. The summed E-state index contributed by atoms with van der Waals surface area (Å²) in [6.07, 6.45) is 3.86. The van der Waals surface area contributed by atoms with E-state index in [9.17, 15) is 9.59 Å². The highest BCUT2D eigenvalue weighted by Gasteiger charge is 2.29. The van der Waals surface area contributed by atoms with Crippen LogP contribution in [-0.2, 0) is 4.79 Å². The first-order valence-corrected chi connectivity index (χ1v) is 5.88. The number of esters is 1. The van der Waals surface area contributed by atoms with Gasteiger partial charge < -0.3 is 4.74 Å². The number of rotatable bonds is 6. The number of carbonyl (C=O) groups excluding carboxylic acids is 2. The average Bonchev–Trinajstić information content (AvgIpc) is 2.37. The predicted molar refractivity (Wildman–Crippen MR) is 70.7 cm³/mol. The summed E-state index contributed by atoms with van der Waals surface area (Å²) in [6, 6.07) is 6.69. The van der Waals surface area contributed by atoms with Crippen molar-refractivity contribution in [3.8, 4) is 5.75 Å². The van der Waals surface area contributed by atoms with Gasteiger partial charge in [0.15, 0.2) is 6.29 Å². The Hall–Kier alpha value is -1.90. The molecule has 0 amide bonds. The molecule has 1 aromatic carbocycles. The van der Waals surface area contributed by atoms with E-state index in [0.717, 1.165) is 6.42 Å². The molecule has 0 saturated carbocycles. The zero-order chi connectivity index (χ0) is 13.6. The first-order valence-electron chi connectivity index (χ1n) is 5.88. The quantitative estimate of drug-likeness (QED) is 0.334. The maximum atomic E-state index is 12.0. The van der Waals surface area contributed by atoms with Gasteiger partial charge in [-0.15, -0.1) is 6.58 Å². The van der Waals surface area contributed by atoms with Crippen LogP contribution in [0.3, 0.4) is 0 Å². The fourth-order valence-corrected chi connectivity index (χ4v) is 1.47. The number of para-hydroxylation sites is 1. The number of carbonyl (C=O) groups is 2. The van der Waals surface area contributed by atoms with Crippen molar-refractivity contribution in [2.75, 3.05) is 0 Å². The fraction of sp³-hybridized carbons (Fsp3) is 0.333. The summed E-state index contributed by atoms with van der Waals surface area (Å²) in [5.41, 5.74) is -0.213. The van der Waals surface area contributed by atoms with E-state index in [0.29, 0.717) is 24.0 Å². The minimum atomic E-state index is -0.593. The topological polar surface area (TPSA) is 43.4 Å². The van der Waals surface area contributed by atoms with Crippen LogP contribution in [-0.4, -0.2) is 12.3 Å². The largest absolute Gasteiger partial charge is 0.425 e. The van der Waals surface area contributed by atoms with Crippen molar-refractivity contribution in [2.24, 2.45) is 5.41 Å². The lowest BCUT2D eigenvalue weighted by Gasteiger charge is -2.21. The zero-order valence-corrected chi connectivity index (χ0v) is 10.8. The van der Waals surface area contributed by atoms with E-state index < -0.39 is 5.41 Å². The van der Waals surface area contributed by atoms with Gasteiger partial charge in [0.2, 0.25) is 0 Å². The van der Waals surface area contributed by atoms with Crippen LogP contribution in [0, 0.1) is 5.41 Å². The highest BCUT2D eigenvalue weighted by molar-refractivity contribution is 5.84. The van der Waals surface area contributed by atoms with Gasteiger partial charge in [-0.2, -0.15) is 0 Å². The third-order valence-electron chi connectivity index (χ3n) is 2.77. The van der Waals surface area contributed by atoms with Crippen LogP contribution in [0.5, 0.6) is 5.75 Å². The van der Waals surface area contributed by atoms with Crippen LogP contribution in [0.1, 0.15) is 37.0 Å². The maximum absolute atomic E-state index is 12.0. The lowest BCUT2D eigenvalue weighted by molar-refractivity contribution is -0.144. The summed E-state index contributed by atoms with van der Waals surface area (Å²) < 4.78 is 5.29. The third-order valence-corrected chi connectivity index (χ3v) is 2.77. The van der Waals surface area contributed by atoms with Crippen molar-refractivity contribution in [1.82, 2.24) is 0 Å². The van der Waals surface area contributed by atoms with E-state index >= 15 is 0 Å². The monoisotopic (exact) mass is 246 g/mol. The normalized spacial score (nSPS) is 10.8. The summed E-state index contributed by atoms with van der Waals surface area (Å²) in [5.74, 6) is -0.0252. The number of ether oxygens (including phenoxy) is 1. The summed E-state index contributed by atoms with van der Waals surface area (Å²) in [5, 5.41) is 0. The minimum Gasteiger partial charge on any atom is -0.425 e. The summed E-state index contributed by atoms with van der Waals surface area (Å²) in [6.45, 7) is 7.28. The van der Waals surface area contributed by atoms with Gasteiger partial charge in [0, 0.05) is 0 Å². The van der Waals surface area contributed by atoms with E-state index in [2.05, 4.69) is 6.58 Å². The number of hydrogen-bond acceptors (Lipinski definition) is 3. The molecule has 0 aromatic heterocycles. The van der Waals surface area contributed by atoms with Gasteiger partial charge in [-0.3, -0.25) is 9.59 Å². The molecule has 1 aromatic rings. The van der Waals surface area contributed by atoms with Gasteiger partial charge in [0.05, 0.1) is 11.0 Å². The molecule has 96 valence electrons. The first kappa shape index (κ1) is 14.2. The van der Waals surface area contributed by atoms with Gasteiger partial charge in [0.25, 0.3) is 0 Å². The molecule has 0 aliphatic heterocycles. The molecule has 0 aliphatic rings. The van der Waals surface area contributed by atoms with Crippen LogP contribution < -0.4 is 4.74 Å². The molecule has 18 heavy (non-hydrogen) atoms. The lowest BCUT2D eigenvalue weighted by atomic mass is 9.88. The second-order valence-corrected chi connectivity index (χ2v) is 4.76. The van der Waals surface area contributed by atoms with Crippen molar-refractivity contribution in [1.29, 1.82) is 0 Å². The highest BCUT2D eigenvalue weighted by atomic mass is 16.5. The van der Waals surface area contributed by atoms with Crippen LogP contribution in [0.25, 0.3) is 0 Å². The van der Waals surface area contributed by atoms with Gasteiger partial charge in [-0.05, 0) is 38.8 Å². The van der Waals surface area contributed by atoms with E-state index in [1.165, 1.54) is 0 Å². The minimum absolute atomic E-state index is 0.309. The van der Waals surface area contributed by atoms with Crippen LogP contribution in [0.15, 0.2) is 36.9 Å². The van der Waals surface area contributed by atoms with Crippen molar-refractivity contribution < 1.29 is 14.3 Å².